The summed E-state index contributed by atoms with van der Waals surface area (Å²) in [5.41, 5.74) is 1.08. The first kappa shape index (κ1) is 10.3. The number of benzene rings is 1. The van der Waals surface area contributed by atoms with Gasteiger partial charge in [0, 0.05) is 12.1 Å². The van der Waals surface area contributed by atoms with Gasteiger partial charge in [0.25, 0.3) is 0 Å². The van der Waals surface area contributed by atoms with E-state index in [4.69, 9.17) is 4.74 Å². The fourth-order valence-corrected chi connectivity index (χ4v) is 1.96. The molecule has 3 heteroatoms. The molecule has 1 aliphatic rings. The molecule has 0 spiro atoms. The Bertz CT molecular complexity index is 349. The van der Waals surface area contributed by atoms with Crippen molar-refractivity contribution < 1.29 is 9.84 Å². The van der Waals surface area contributed by atoms with Crippen LogP contribution in [0.2, 0.25) is 0 Å². The van der Waals surface area contributed by atoms with E-state index in [0.717, 1.165) is 17.7 Å². The summed E-state index contributed by atoms with van der Waals surface area (Å²) in [5.74, 6) is 1.21. The summed E-state index contributed by atoms with van der Waals surface area (Å²) in [6.45, 7) is 4.95. The fourth-order valence-electron chi connectivity index (χ4n) is 1.96. The topological polar surface area (TPSA) is 41.5 Å². The Hall–Kier alpha value is -1.22. The third-order valence-electron chi connectivity index (χ3n) is 2.52. The van der Waals surface area contributed by atoms with E-state index in [1.54, 1.807) is 12.1 Å². The van der Waals surface area contributed by atoms with Gasteiger partial charge in [0.1, 0.15) is 18.1 Å². The minimum absolute atomic E-state index is 0.308. The maximum atomic E-state index is 9.38. The van der Waals surface area contributed by atoms with Crippen molar-refractivity contribution in [3.63, 3.8) is 0 Å². The predicted octanol–water partition coefficient (Wildman–Crippen LogP) is 1.69. The Morgan fingerprint density at radius 3 is 3.00 bits per heavy atom. The molecule has 2 N–H and O–H groups in total. The summed E-state index contributed by atoms with van der Waals surface area (Å²) in [6, 6.07) is 6.08. The number of fused-ring (bicyclic) bond motifs is 1. The normalized spacial score (nSPS) is 19.8. The zero-order valence-corrected chi connectivity index (χ0v) is 9.16. The second-order valence-corrected chi connectivity index (χ2v) is 4.33. The fraction of sp³-hybridized carbons (Fsp3) is 0.500. The highest BCUT2D eigenvalue weighted by molar-refractivity contribution is 5.41. The molecule has 0 aliphatic carbocycles. The standard InChI is InChI=1S/C12H17NO2/c1-8(2)13-10-5-9-6-11(14)3-4-12(9)15-7-10/h3-4,6,8,10,13-14H,5,7H2,1-2H3. The predicted molar refractivity (Wildman–Crippen MR) is 59.4 cm³/mol. The average molecular weight is 207 g/mol. The summed E-state index contributed by atoms with van der Waals surface area (Å²) in [6.07, 6.45) is 0.919. The summed E-state index contributed by atoms with van der Waals surface area (Å²) in [4.78, 5) is 0. The van der Waals surface area contributed by atoms with Crippen molar-refractivity contribution in [3.05, 3.63) is 23.8 Å². The smallest absolute Gasteiger partial charge is 0.122 e. The van der Waals surface area contributed by atoms with Crippen molar-refractivity contribution in [2.45, 2.75) is 32.4 Å². The molecule has 1 aromatic carbocycles. The third kappa shape index (κ3) is 2.42. The Morgan fingerprint density at radius 2 is 2.27 bits per heavy atom. The summed E-state index contributed by atoms with van der Waals surface area (Å²) < 4.78 is 5.62. The molecule has 3 nitrogen and oxygen atoms in total. The van der Waals surface area contributed by atoms with E-state index in [1.165, 1.54) is 0 Å². The molecule has 1 unspecified atom stereocenters. The van der Waals surface area contributed by atoms with Crippen LogP contribution in [0.25, 0.3) is 0 Å². The van der Waals surface area contributed by atoms with Crippen molar-refractivity contribution in [2.24, 2.45) is 0 Å². The van der Waals surface area contributed by atoms with Crippen LogP contribution in [-0.2, 0) is 6.42 Å². The lowest BCUT2D eigenvalue weighted by molar-refractivity contribution is 0.231. The van der Waals surface area contributed by atoms with Crippen LogP contribution in [-0.4, -0.2) is 23.8 Å². The number of hydrogen-bond donors (Lipinski definition) is 2. The highest BCUT2D eigenvalue weighted by atomic mass is 16.5. The lowest BCUT2D eigenvalue weighted by atomic mass is 10.0. The van der Waals surface area contributed by atoms with Gasteiger partial charge in [0.05, 0.1) is 0 Å². The van der Waals surface area contributed by atoms with Gasteiger partial charge >= 0.3 is 0 Å². The lowest BCUT2D eigenvalue weighted by Crippen LogP contribution is -2.42. The Labute approximate surface area is 90.1 Å². The molecule has 2 rings (SSSR count). The van der Waals surface area contributed by atoms with Crippen LogP contribution >= 0.6 is 0 Å². The Morgan fingerprint density at radius 1 is 1.47 bits per heavy atom. The van der Waals surface area contributed by atoms with Crippen LogP contribution in [0.5, 0.6) is 11.5 Å². The van der Waals surface area contributed by atoms with Gasteiger partial charge in [-0.1, -0.05) is 13.8 Å². The number of hydrogen-bond acceptors (Lipinski definition) is 3. The van der Waals surface area contributed by atoms with Gasteiger partial charge in [0.15, 0.2) is 0 Å². The lowest BCUT2D eigenvalue weighted by Gasteiger charge is -2.27. The monoisotopic (exact) mass is 207 g/mol. The number of phenols is 1. The first-order valence-corrected chi connectivity index (χ1v) is 5.36. The largest absolute Gasteiger partial charge is 0.508 e. The number of nitrogens with one attached hydrogen (secondary N) is 1. The zero-order valence-electron chi connectivity index (χ0n) is 9.16. The van der Waals surface area contributed by atoms with Crippen LogP contribution in [0.3, 0.4) is 0 Å². The maximum Gasteiger partial charge on any atom is 0.122 e. The molecule has 1 aromatic rings. The molecule has 0 radical (unpaired) electrons. The van der Waals surface area contributed by atoms with E-state index in [0.29, 0.717) is 24.4 Å². The second kappa shape index (κ2) is 4.11. The van der Waals surface area contributed by atoms with Gasteiger partial charge in [-0.05, 0) is 30.2 Å². The number of aromatic hydroxyl groups is 1. The second-order valence-electron chi connectivity index (χ2n) is 4.33. The molecule has 1 heterocycles. The van der Waals surface area contributed by atoms with Crippen molar-refractivity contribution in [2.75, 3.05) is 6.61 Å². The van der Waals surface area contributed by atoms with Gasteiger partial charge in [-0.25, -0.2) is 0 Å². The van der Waals surface area contributed by atoms with Crippen LogP contribution in [0, 0.1) is 0 Å². The molecule has 1 atom stereocenters. The summed E-state index contributed by atoms with van der Waals surface area (Å²) in [5, 5.41) is 12.8. The Kier molecular flexibility index (Phi) is 2.82. The molecule has 0 bridgehead atoms. The van der Waals surface area contributed by atoms with Crippen molar-refractivity contribution in [1.29, 1.82) is 0 Å². The summed E-state index contributed by atoms with van der Waals surface area (Å²) in [7, 11) is 0. The molecule has 0 aromatic heterocycles. The number of ether oxygens (including phenoxy) is 1. The van der Waals surface area contributed by atoms with E-state index in [2.05, 4.69) is 19.2 Å². The van der Waals surface area contributed by atoms with E-state index in [-0.39, 0.29) is 0 Å². The van der Waals surface area contributed by atoms with Crippen molar-refractivity contribution in [3.8, 4) is 11.5 Å². The molecule has 0 fully saturated rings. The van der Waals surface area contributed by atoms with Crippen LogP contribution in [0.1, 0.15) is 19.4 Å². The quantitative estimate of drug-likeness (QED) is 0.775. The molecular weight excluding hydrogens is 190 g/mol. The van der Waals surface area contributed by atoms with Gasteiger partial charge in [0.2, 0.25) is 0 Å². The molecule has 0 saturated carbocycles. The number of phenolic OH excluding ortho intramolecular Hbond substituents is 1. The van der Waals surface area contributed by atoms with Gasteiger partial charge in [-0.2, -0.15) is 0 Å². The number of rotatable bonds is 2. The van der Waals surface area contributed by atoms with E-state index >= 15 is 0 Å². The molecule has 0 amide bonds. The molecule has 82 valence electrons. The van der Waals surface area contributed by atoms with Crippen LogP contribution < -0.4 is 10.1 Å². The molecular formula is C12H17NO2. The van der Waals surface area contributed by atoms with Crippen molar-refractivity contribution in [1.82, 2.24) is 5.32 Å². The van der Waals surface area contributed by atoms with Gasteiger partial charge in [-0.15, -0.1) is 0 Å². The molecule has 15 heavy (non-hydrogen) atoms. The molecule has 0 saturated heterocycles. The van der Waals surface area contributed by atoms with Gasteiger partial charge < -0.3 is 15.2 Å². The van der Waals surface area contributed by atoms with E-state index in [9.17, 15) is 5.11 Å². The third-order valence-corrected chi connectivity index (χ3v) is 2.52. The van der Waals surface area contributed by atoms with Crippen LogP contribution in [0.4, 0.5) is 0 Å². The zero-order chi connectivity index (χ0) is 10.8. The first-order valence-electron chi connectivity index (χ1n) is 5.36. The van der Waals surface area contributed by atoms with E-state index < -0.39 is 0 Å². The van der Waals surface area contributed by atoms with Crippen molar-refractivity contribution >= 4 is 0 Å². The Balaban J connectivity index is 2.11. The highest BCUT2D eigenvalue weighted by Gasteiger charge is 2.20. The molecule has 1 aliphatic heterocycles. The maximum absolute atomic E-state index is 9.38. The highest BCUT2D eigenvalue weighted by Crippen LogP contribution is 2.28. The minimum atomic E-state index is 0.308. The summed E-state index contributed by atoms with van der Waals surface area (Å²) >= 11 is 0. The SMILES string of the molecule is CC(C)NC1COc2ccc(O)cc2C1. The minimum Gasteiger partial charge on any atom is -0.508 e. The van der Waals surface area contributed by atoms with E-state index in [1.807, 2.05) is 6.07 Å². The van der Waals surface area contributed by atoms with Gasteiger partial charge in [-0.3, -0.25) is 0 Å². The first-order chi connectivity index (χ1) is 7.15. The average Bonchev–Trinajstić information content (AvgIpc) is 2.16. The van der Waals surface area contributed by atoms with Crippen LogP contribution in [0.15, 0.2) is 18.2 Å².